The zero-order valence-corrected chi connectivity index (χ0v) is 10.9. The van der Waals surface area contributed by atoms with Crippen LogP contribution in [0.3, 0.4) is 0 Å². The summed E-state index contributed by atoms with van der Waals surface area (Å²) in [6.07, 6.45) is 2.97. The summed E-state index contributed by atoms with van der Waals surface area (Å²) in [5.41, 5.74) is 0.645. The van der Waals surface area contributed by atoms with E-state index in [1.807, 2.05) is 0 Å². The Morgan fingerprint density at radius 1 is 1.38 bits per heavy atom. The number of nitrogens with one attached hydrogen (secondary N) is 1. The smallest absolute Gasteiger partial charge is 0.338 e. The number of aromatic nitrogens is 4. The summed E-state index contributed by atoms with van der Waals surface area (Å²) in [6, 6.07) is 3.77. The van der Waals surface area contributed by atoms with Crippen molar-refractivity contribution in [3.8, 4) is 0 Å². The number of hydrogen-bond acceptors (Lipinski definition) is 5. The number of fused-ring (bicyclic) bond motifs is 1. The lowest BCUT2D eigenvalue weighted by Gasteiger charge is -2.07. The second kappa shape index (κ2) is 4.82. The molecule has 3 rings (SSSR count). The predicted molar refractivity (Wildman–Crippen MR) is 72.9 cm³/mol. The molecule has 8 heteroatoms. The minimum absolute atomic E-state index is 0.380. The van der Waals surface area contributed by atoms with Crippen LogP contribution in [0.5, 0.6) is 0 Å². The summed E-state index contributed by atoms with van der Waals surface area (Å²) in [4.78, 5) is 19.0. The van der Waals surface area contributed by atoms with Crippen LogP contribution in [0.25, 0.3) is 11.0 Å². The Hall–Kier alpha value is -3.03. The molecule has 3 aromatic rings. The number of aryl methyl sites for hydroxylation is 1. The number of rotatable bonds is 3. The van der Waals surface area contributed by atoms with Gasteiger partial charge in [0, 0.05) is 12.7 Å². The van der Waals surface area contributed by atoms with Crippen LogP contribution in [-0.2, 0) is 7.05 Å². The van der Waals surface area contributed by atoms with E-state index in [2.05, 4.69) is 20.4 Å². The van der Waals surface area contributed by atoms with Crippen LogP contribution in [0.1, 0.15) is 10.4 Å². The first-order chi connectivity index (χ1) is 10.1. The van der Waals surface area contributed by atoms with Gasteiger partial charge in [-0.05, 0) is 18.2 Å². The third kappa shape index (κ3) is 2.27. The normalized spacial score (nSPS) is 10.8. The number of hydrogen-bond donors (Lipinski definition) is 2. The number of carboxylic acids is 1. The molecule has 0 saturated heterocycles. The predicted octanol–water partition coefficient (Wildman–Crippen LogP) is 1.94. The molecule has 0 atom stereocenters. The van der Waals surface area contributed by atoms with Gasteiger partial charge in [-0.1, -0.05) is 0 Å². The lowest BCUT2D eigenvalue weighted by molar-refractivity contribution is 0.0692. The van der Waals surface area contributed by atoms with Crippen LogP contribution >= 0.6 is 0 Å². The molecule has 21 heavy (non-hydrogen) atoms. The number of nitrogens with zero attached hydrogens (tertiary/aromatic N) is 4. The van der Waals surface area contributed by atoms with Gasteiger partial charge in [0.25, 0.3) is 0 Å². The molecular formula is C13H10FN5O2. The van der Waals surface area contributed by atoms with Gasteiger partial charge in [-0.25, -0.2) is 19.2 Å². The lowest BCUT2D eigenvalue weighted by Crippen LogP contribution is -2.02. The highest BCUT2D eigenvalue weighted by molar-refractivity contribution is 5.90. The summed E-state index contributed by atoms with van der Waals surface area (Å²) < 4.78 is 15.2. The number of carboxylic acid groups (broad SMARTS) is 1. The molecule has 0 fully saturated rings. The Kier molecular flexibility index (Phi) is 2.98. The molecule has 0 aliphatic carbocycles. The van der Waals surface area contributed by atoms with Gasteiger partial charge < -0.3 is 10.4 Å². The highest BCUT2D eigenvalue weighted by Gasteiger charge is 2.12. The van der Waals surface area contributed by atoms with Crippen LogP contribution in [-0.4, -0.2) is 30.8 Å². The standard InChI is InChI=1S/C13H10FN5O2/c1-19-12-9(5-17-19)11(15-6-16-12)18-7-2-3-8(13(20)21)10(14)4-7/h2-6H,1H3,(H,20,21)(H,15,16,18). The van der Waals surface area contributed by atoms with E-state index in [1.54, 1.807) is 17.9 Å². The first-order valence-electron chi connectivity index (χ1n) is 5.99. The lowest BCUT2D eigenvalue weighted by atomic mass is 10.2. The molecule has 0 bridgehead atoms. The van der Waals surface area contributed by atoms with Gasteiger partial charge in [0.2, 0.25) is 0 Å². The monoisotopic (exact) mass is 287 g/mol. The van der Waals surface area contributed by atoms with E-state index >= 15 is 0 Å². The quantitative estimate of drug-likeness (QED) is 0.764. The summed E-state index contributed by atoms with van der Waals surface area (Å²) in [7, 11) is 1.75. The molecule has 0 radical (unpaired) electrons. The van der Waals surface area contributed by atoms with E-state index in [1.165, 1.54) is 18.5 Å². The highest BCUT2D eigenvalue weighted by Crippen LogP contribution is 2.23. The van der Waals surface area contributed by atoms with Crippen LogP contribution in [0.4, 0.5) is 15.9 Å². The Labute approximate surface area is 118 Å². The minimum Gasteiger partial charge on any atom is -0.478 e. The molecule has 0 aliphatic rings. The molecule has 0 aliphatic heterocycles. The van der Waals surface area contributed by atoms with E-state index in [-0.39, 0.29) is 5.56 Å². The molecule has 2 aromatic heterocycles. The zero-order chi connectivity index (χ0) is 15.0. The van der Waals surface area contributed by atoms with Crippen molar-refractivity contribution in [2.75, 3.05) is 5.32 Å². The topological polar surface area (TPSA) is 92.9 Å². The van der Waals surface area contributed by atoms with Crippen LogP contribution < -0.4 is 5.32 Å². The maximum absolute atomic E-state index is 13.7. The fourth-order valence-electron chi connectivity index (χ4n) is 1.96. The highest BCUT2D eigenvalue weighted by atomic mass is 19.1. The Balaban J connectivity index is 1.99. The Morgan fingerprint density at radius 3 is 2.90 bits per heavy atom. The van der Waals surface area contributed by atoms with E-state index in [0.29, 0.717) is 22.5 Å². The van der Waals surface area contributed by atoms with Crippen molar-refractivity contribution in [2.24, 2.45) is 7.05 Å². The van der Waals surface area contributed by atoms with Gasteiger partial charge >= 0.3 is 5.97 Å². The van der Waals surface area contributed by atoms with Gasteiger partial charge in [0.1, 0.15) is 18.0 Å². The Bertz CT molecular complexity index is 846. The molecule has 1 aromatic carbocycles. The average Bonchev–Trinajstić information content (AvgIpc) is 2.81. The number of halogens is 1. The minimum atomic E-state index is -1.31. The third-order valence-electron chi connectivity index (χ3n) is 2.99. The van der Waals surface area contributed by atoms with Gasteiger partial charge in [0.15, 0.2) is 5.65 Å². The van der Waals surface area contributed by atoms with Crippen molar-refractivity contribution in [1.29, 1.82) is 0 Å². The molecule has 7 nitrogen and oxygen atoms in total. The summed E-state index contributed by atoms with van der Waals surface area (Å²) in [5, 5.41) is 16.5. The van der Waals surface area contributed by atoms with Crippen molar-refractivity contribution >= 4 is 28.5 Å². The largest absolute Gasteiger partial charge is 0.478 e. The fourth-order valence-corrected chi connectivity index (χ4v) is 1.96. The third-order valence-corrected chi connectivity index (χ3v) is 2.99. The van der Waals surface area contributed by atoms with Crippen molar-refractivity contribution in [2.45, 2.75) is 0 Å². The van der Waals surface area contributed by atoms with Gasteiger partial charge in [-0.3, -0.25) is 4.68 Å². The van der Waals surface area contributed by atoms with Crippen LogP contribution in [0.15, 0.2) is 30.7 Å². The second-order valence-electron chi connectivity index (χ2n) is 4.35. The Morgan fingerprint density at radius 2 is 2.19 bits per heavy atom. The van der Waals surface area contributed by atoms with Gasteiger partial charge in [-0.15, -0.1) is 0 Å². The van der Waals surface area contributed by atoms with Gasteiger partial charge in [0.05, 0.1) is 17.1 Å². The molecule has 2 heterocycles. The maximum atomic E-state index is 13.7. The van der Waals surface area contributed by atoms with Crippen LogP contribution in [0, 0.1) is 5.82 Å². The molecular weight excluding hydrogens is 277 g/mol. The number of anilines is 2. The van der Waals surface area contributed by atoms with E-state index in [4.69, 9.17) is 5.11 Å². The summed E-state index contributed by atoms with van der Waals surface area (Å²) in [6.45, 7) is 0. The van der Waals surface area contributed by atoms with E-state index < -0.39 is 11.8 Å². The first kappa shape index (κ1) is 13.0. The number of aromatic carboxylic acids is 1. The van der Waals surface area contributed by atoms with Crippen molar-refractivity contribution in [3.05, 3.63) is 42.1 Å². The van der Waals surface area contributed by atoms with Gasteiger partial charge in [-0.2, -0.15) is 5.10 Å². The van der Waals surface area contributed by atoms with Crippen LogP contribution in [0.2, 0.25) is 0 Å². The molecule has 0 spiro atoms. The summed E-state index contributed by atoms with van der Waals surface area (Å²) in [5.74, 6) is -1.66. The molecule has 0 saturated carbocycles. The summed E-state index contributed by atoms with van der Waals surface area (Å²) >= 11 is 0. The molecule has 2 N–H and O–H groups in total. The van der Waals surface area contributed by atoms with E-state index in [0.717, 1.165) is 6.07 Å². The maximum Gasteiger partial charge on any atom is 0.338 e. The first-order valence-corrected chi connectivity index (χ1v) is 5.99. The average molecular weight is 287 g/mol. The molecule has 0 unspecified atom stereocenters. The van der Waals surface area contributed by atoms with Crippen molar-refractivity contribution in [3.63, 3.8) is 0 Å². The number of carbonyl (C=O) groups is 1. The van der Waals surface area contributed by atoms with E-state index in [9.17, 15) is 9.18 Å². The molecule has 106 valence electrons. The van der Waals surface area contributed by atoms with Crippen molar-refractivity contribution in [1.82, 2.24) is 19.7 Å². The van der Waals surface area contributed by atoms with Crippen molar-refractivity contribution < 1.29 is 14.3 Å². The second-order valence-corrected chi connectivity index (χ2v) is 4.35. The molecule has 0 amide bonds. The number of benzene rings is 1. The zero-order valence-electron chi connectivity index (χ0n) is 10.9. The SMILES string of the molecule is Cn1ncc2c(Nc3ccc(C(=O)O)c(F)c3)ncnc21. The fraction of sp³-hybridized carbons (Fsp3) is 0.0769.